The summed E-state index contributed by atoms with van der Waals surface area (Å²) in [5, 5.41) is 3.02. The summed E-state index contributed by atoms with van der Waals surface area (Å²) in [6.07, 6.45) is 3.77. The van der Waals surface area contributed by atoms with E-state index in [2.05, 4.69) is 17.4 Å². The average Bonchev–Trinajstić information content (AvgIpc) is 2.56. The number of hydrogen-bond acceptors (Lipinski definition) is 1. The van der Waals surface area contributed by atoms with Crippen molar-refractivity contribution in [1.29, 1.82) is 0 Å². The van der Waals surface area contributed by atoms with Crippen LogP contribution in [0, 0.1) is 5.82 Å². The van der Waals surface area contributed by atoms with Gasteiger partial charge in [-0.1, -0.05) is 36.4 Å². The Morgan fingerprint density at radius 2 is 1.91 bits per heavy atom. The van der Waals surface area contributed by atoms with Crippen LogP contribution in [0.2, 0.25) is 0 Å². The van der Waals surface area contributed by atoms with Crippen LogP contribution in [0.1, 0.15) is 35.4 Å². The lowest BCUT2D eigenvalue weighted by atomic mass is 9.82. The maximum absolute atomic E-state index is 12.9. The predicted molar refractivity (Wildman–Crippen MR) is 85.2 cm³/mol. The zero-order chi connectivity index (χ0) is 15.4. The molecule has 0 fully saturated rings. The molecule has 2 aromatic rings. The molecule has 1 amide bonds. The number of amides is 1. The van der Waals surface area contributed by atoms with Gasteiger partial charge in [-0.05, 0) is 54.5 Å². The average molecular weight is 297 g/mol. The summed E-state index contributed by atoms with van der Waals surface area (Å²) in [5.41, 5.74) is 3.51. The summed E-state index contributed by atoms with van der Waals surface area (Å²) in [5.74, 6) is -0.154. The number of hydrogen-bond donors (Lipinski definition) is 1. The number of rotatable bonds is 4. The van der Waals surface area contributed by atoms with Gasteiger partial charge in [0.1, 0.15) is 5.82 Å². The van der Waals surface area contributed by atoms with Gasteiger partial charge in [-0.15, -0.1) is 0 Å². The van der Waals surface area contributed by atoms with Crippen LogP contribution in [0.15, 0.2) is 48.5 Å². The molecule has 114 valence electrons. The van der Waals surface area contributed by atoms with Gasteiger partial charge in [-0.2, -0.15) is 0 Å². The summed E-state index contributed by atoms with van der Waals surface area (Å²) in [7, 11) is 0. The van der Waals surface area contributed by atoms with Crippen molar-refractivity contribution in [3.8, 4) is 0 Å². The molecule has 3 rings (SSSR count). The molecule has 0 bridgehead atoms. The highest BCUT2D eigenvalue weighted by Gasteiger charge is 2.25. The van der Waals surface area contributed by atoms with Gasteiger partial charge in [-0.25, -0.2) is 4.39 Å². The third-order valence-electron chi connectivity index (χ3n) is 4.31. The molecule has 3 heteroatoms. The molecular weight excluding hydrogens is 277 g/mol. The van der Waals surface area contributed by atoms with Gasteiger partial charge >= 0.3 is 0 Å². The largest absolute Gasteiger partial charge is 0.355 e. The van der Waals surface area contributed by atoms with Crippen molar-refractivity contribution in [2.45, 2.75) is 31.6 Å². The van der Waals surface area contributed by atoms with Crippen LogP contribution in [0.3, 0.4) is 0 Å². The topological polar surface area (TPSA) is 29.1 Å². The molecule has 0 aromatic heterocycles. The normalized spacial score (nSPS) is 16.9. The van der Waals surface area contributed by atoms with E-state index in [1.807, 2.05) is 12.1 Å². The second kappa shape index (κ2) is 6.73. The zero-order valence-electron chi connectivity index (χ0n) is 12.5. The fourth-order valence-electron chi connectivity index (χ4n) is 3.13. The van der Waals surface area contributed by atoms with E-state index in [4.69, 9.17) is 0 Å². The molecule has 0 radical (unpaired) electrons. The Balaban J connectivity index is 1.58. The molecule has 0 aliphatic heterocycles. The van der Waals surface area contributed by atoms with Gasteiger partial charge in [0, 0.05) is 6.54 Å². The van der Waals surface area contributed by atoms with E-state index in [-0.39, 0.29) is 17.6 Å². The predicted octanol–water partition coefficient (Wildman–Crippen LogP) is 3.60. The van der Waals surface area contributed by atoms with E-state index in [1.54, 1.807) is 12.1 Å². The monoisotopic (exact) mass is 297 g/mol. The number of aryl methyl sites for hydroxylation is 1. The van der Waals surface area contributed by atoms with Crippen LogP contribution in [-0.4, -0.2) is 12.5 Å². The minimum atomic E-state index is -0.230. The Morgan fingerprint density at radius 1 is 1.14 bits per heavy atom. The van der Waals surface area contributed by atoms with Gasteiger partial charge < -0.3 is 5.32 Å². The fraction of sp³-hybridized carbons (Fsp3) is 0.316. The van der Waals surface area contributed by atoms with Gasteiger partial charge in [0.25, 0.3) is 0 Å². The first-order valence-electron chi connectivity index (χ1n) is 7.84. The Labute approximate surface area is 130 Å². The van der Waals surface area contributed by atoms with Crippen molar-refractivity contribution in [2.24, 2.45) is 0 Å². The van der Waals surface area contributed by atoms with E-state index < -0.39 is 0 Å². The Morgan fingerprint density at radius 3 is 2.73 bits per heavy atom. The standard InChI is InChI=1S/C19H20FNO/c20-16-10-8-14(9-11-16)12-13-21-19(22)18-7-3-5-15-4-1-2-6-17(15)18/h1-2,4,6,8-11,18H,3,5,7,12-13H2,(H,21,22). The molecule has 1 unspecified atom stereocenters. The fourth-order valence-corrected chi connectivity index (χ4v) is 3.13. The number of carbonyl (C=O) groups is 1. The van der Waals surface area contributed by atoms with Crippen molar-refractivity contribution in [1.82, 2.24) is 5.32 Å². The first-order valence-corrected chi connectivity index (χ1v) is 7.84. The highest BCUT2D eigenvalue weighted by molar-refractivity contribution is 5.84. The minimum Gasteiger partial charge on any atom is -0.355 e. The van der Waals surface area contributed by atoms with Crippen LogP contribution in [0.4, 0.5) is 4.39 Å². The lowest BCUT2D eigenvalue weighted by Gasteiger charge is -2.24. The highest BCUT2D eigenvalue weighted by Crippen LogP contribution is 2.31. The molecule has 1 aliphatic rings. The van der Waals surface area contributed by atoms with Crippen LogP contribution < -0.4 is 5.32 Å². The maximum Gasteiger partial charge on any atom is 0.227 e. The molecule has 0 heterocycles. The third kappa shape index (κ3) is 3.35. The first-order chi connectivity index (χ1) is 10.7. The molecule has 2 nitrogen and oxygen atoms in total. The number of benzene rings is 2. The Kier molecular flexibility index (Phi) is 4.52. The van der Waals surface area contributed by atoms with E-state index in [0.29, 0.717) is 6.54 Å². The van der Waals surface area contributed by atoms with E-state index in [1.165, 1.54) is 23.3 Å². The van der Waals surface area contributed by atoms with Crippen molar-refractivity contribution in [3.63, 3.8) is 0 Å². The second-order valence-electron chi connectivity index (χ2n) is 5.81. The molecule has 1 N–H and O–H groups in total. The molecule has 1 aliphatic carbocycles. The zero-order valence-corrected chi connectivity index (χ0v) is 12.5. The van der Waals surface area contributed by atoms with Crippen molar-refractivity contribution < 1.29 is 9.18 Å². The van der Waals surface area contributed by atoms with Gasteiger partial charge in [0.15, 0.2) is 0 Å². The van der Waals surface area contributed by atoms with Gasteiger partial charge in [-0.3, -0.25) is 4.79 Å². The molecular formula is C19H20FNO. The van der Waals surface area contributed by atoms with Crippen molar-refractivity contribution >= 4 is 5.91 Å². The Hall–Kier alpha value is -2.16. The summed E-state index contributed by atoms with van der Waals surface area (Å²) in [6.45, 7) is 0.586. The number of carbonyl (C=O) groups excluding carboxylic acids is 1. The highest BCUT2D eigenvalue weighted by atomic mass is 19.1. The van der Waals surface area contributed by atoms with Crippen LogP contribution >= 0.6 is 0 Å². The molecule has 0 saturated heterocycles. The maximum atomic E-state index is 12.9. The van der Waals surface area contributed by atoms with Crippen LogP contribution in [0.25, 0.3) is 0 Å². The smallest absolute Gasteiger partial charge is 0.227 e. The summed E-state index contributed by atoms with van der Waals surface area (Å²) >= 11 is 0. The number of fused-ring (bicyclic) bond motifs is 1. The van der Waals surface area contributed by atoms with Gasteiger partial charge in [0.2, 0.25) is 5.91 Å². The van der Waals surface area contributed by atoms with Crippen LogP contribution in [0.5, 0.6) is 0 Å². The van der Waals surface area contributed by atoms with Crippen molar-refractivity contribution in [2.75, 3.05) is 6.54 Å². The first kappa shape index (κ1) is 14.8. The summed E-state index contributed by atoms with van der Waals surface area (Å²) in [4.78, 5) is 12.4. The SMILES string of the molecule is O=C(NCCc1ccc(F)cc1)C1CCCc2ccccc21. The van der Waals surface area contributed by atoms with E-state index in [9.17, 15) is 9.18 Å². The third-order valence-corrected chi connectivity index (χ3v) is 4.31. The van der Waals surface area contributed by atoms with E-state index >= 15 is 0 Å². The number of halogens is 1. The molecule has 1 atom stereocenters. The molecule has 22 heavy (non-hydrogen) atoms. The lowest BCUT2D eigenvalue weighted by Crippen LogP contribution is -2.32. The van der Waals surface area contributed by atoms with E-state index in [0.717, 1.165) is 31.2 Å². The number of nitrogens with one attached hydrogen (secondary N) is 1. The molecule has 0 spiro atoms. The summed E-state index contributed by atoms with van der Waals surface area (Å²) < 4.78 is 12.9. The molecule has 0 saturated carbocycles. The molecule has 2 aromatic carbocycles. The minimum absolute atomic E-state index is 0.0295. The quantitative estimate of drug-likeness (QED) is 0.918. The van der Waals surface area contributed by atoms with Gasteiger partial charge in [0.05, 0.1) is 5.92 Å². The Bertz CT molecular complexity index is 651. The summed E-state index contributed by atoms with van der Waals surface area (Å²) in [6, 6.07) is 14.7. The van der Waals surface area contributed by atoms with Crippen molar-refractivity contribution in [3.05, 3.63) is 71.0 Å². The lowest BCUT2D eigenvalue weighted by molar-refractivity contribution is -0.122. The second-order valence-corrected chi connectivity index (χ2v) is 5.81. The van der Waals surface area contributed by atoms with Crippen LogP contribution in [-0.2, 0) is 17.6 Å².